The van der Waals surface area contributed by atoms with Crippen LogP contribution in [0.5, 0.6) is 17.2 Å². The van der Waals surface area contributed by atoms with Gasteiger partial charge in [-0.2, -0.15) is 5.26 Å². The number of ether oxygens (including phenoxy) is 4. The standard InChI is InChI=1S/C29H30N2O6S/c1-5-7-14-37-24-13-8-19(16-25(24)35-4)15-21(17-30)27(32)31-28-26(29(33)36-6-2)23(18-38-28)20-9-11-22(34-3)12-10-20/h8-13,15-16,18H,5-7,14H2,1-4H3,(H,31,32)/b21-15+. The highest BCUT2D eigenvalue weighted by Crippen LogP contribution is 2.37. The van der Waals surface area contributed by atoms with Gasteiger partial charge in [0, 0.05) is 10.9 Å². The molecule has 0 aliphatic heterocycles. The summed E-state index contributed by atoms with van der Waals surface area (Å²) in [6.45, 7) is 4.53. The van der Waals surface area contributed by atoms with E-state index in [4.69, 9.17) is 18.9 Å². The maximum Gasteiger partial charge on any atom is 0.341 e. The molecule has 1 N–H and O–H groups in total. The van der Waals surface area contributed by atoms with Crippen molar-refractivity contribution in [3.05, 3.63) is 64.5 Å². The molecule has 0 saturated heterocycles. The van der Waals surface area contributed by atoms with Crippen LogP contribution in [0.25, 0.3) is 17.2 Å². The highest BCUT2D eigenvalue weighted by molar-refractivity contribution is 7.15. The smallest absolute Gasteiger partial charge is 0.341 e. The van der Waals surface area contributed by atoms with Gasteiger partial charge in [-0.1, -0.05) is 31.5 Å². The monoisotopic (exact) mass is 534 g/mol. The van der Waals surface area contributed by atoms with Gasteiger partial charge in [0.2, 0.25) is 0 Å². The molecule has 0 fully saturated rings. The summed E-state index contributed by atoms with van der Waals surface area (Å²) >= 11 is 1.18. The third-order valence-electron chi connectivity index (χ3n) is 5.52. The molecule has 0 aliphatic carbocycles. The van der Waals surface area contributed by atoms with Crippen LogP contribution in [0.2, 0.25) is 0 Å². The minimum atomic E-state index is -0.650. The Hall–Kier alpha value is -4.29. The Morgan fingerprint density at radius 2 is 1.82 bits per heavy atom. The van der Waals surface area contributed by atoms with E-state index in [1.807, 2.05) is 18.2 Å². The Balaban J connectivity index is 1.89. The van der Waals surface area contributed by atoms with Gasteiger partial charge in [0.25, 0.3) is 5.91 Å². The van der Waals surface area contributed by atoms with Crippen LogP contribution in [0.3, 0.4) is 0 Å². The van der Waals surface area contributed by atoms with Crippen LogP contribution in [0, 0.1) is 11.3 Å². The van der Waals surface area contributed by atoms with Gasteiger partial charge in [0.1, 0.15) is 28.0 Å². The van der Waals surface area contributed by atoms with Crippen LogP contribution in [-0.4, -0.2) is 39.3 Å². The summed E-state index contributed by atoms with van der Waals surface area (Å²) < 4.78 is 21.6. The predicted octanol–water partition coefficient (Wildman–Crippen LogP) is 6.33. The number of nitrogens with zero attached hydrogens (tertiary/aromatic N) is 1. The van der Waals surface area contributed by atoms with Crippen molar-refractivity contribution in [3.63, 3.8) is 0 Å². The average Bonchev–Trinajstić information content (AvgIpc) is 3.35. The summed E-state index contributed by atoms with van der Waals surface area (Å²) in [5.74, 6) is 0.546. The van der Waals surface area contributed by atoms with E-state index < -0.39 is 11.9 Å². The molecule has 198 valence electrons. The lowest BCUT2D eigenvalue weighted by atomic mass is 10.0. The number of esters is 1. The first-order valence-corrected chi connectivity index (χ1v) is 13.0. The second-order valence-corrected chi connectivity index (χ2v) is 8.92. The van der Waals surface area contributed by atoms with Crippen LogP contribution in [0.1, 0.15) is 42.6 Å². The summed E-state index contributed by atoms with van der Waals surface area (Å²) in [5, 5.41) is 14.5. The number of carbonyl (C=O) groups excluding carboxylic acids is 2. The Bertz CT molecular complexity index is 1340. The van der Waals surface area contributed by atoms with Crippen molar-refractivity contribution in [2.24, 2.45) is 0 Å². The summed E-state index contributed by atoms with van der Waals surface area (Å²) in [6.07, 6.45) is 3.38. The lowest BCUT2D eigenvalue weighted by Crippen LogP contribution is -2.16. The number of rotatable bonds is 12. The molecule has 3 aromatic rings. The number of nitriles is 1. The number of hydrogen-bond acceptors (Lipinski definition) is 8. The number of carbonyl (C=O) groups is 2. The first-order chi connectivity index (χ1) is 18.4. The Morgan fingerprint density at radius 3 is 2.45 bits per heavy atom. The fraction of sp³-hybridized carbons (Fsp3) is 0.276. The molecular weight excluding hydrogens is 504 g/mol. The van der Waals surface area contributed by atoms with Gasteiger partial charge >= 0.3 is 5.97 Å². The Kier molecular flexibility index (Phi) is 10.3. The van der Waals surface area contributed by atoms with Gasteiger partial charge < -0.3 is 24.3 Å². The number of amides is 1. The second-order valence-electron chi connectivity index (χ2n) is 8.04. The highest BCUT2D eigenvalue weighted by atomic mass is 32.1. The summed E-state index contributed by atoms with van der Waals surface area (Å²) in [5.41, 5.74) is 2.04. The maximum atomic E-state index is 13.1. The number of anilines is 1. The van der Waals surface area contributed by atoms with E-state index >= 15 is 0 Å². The Morgan fingerprint density at radius 1 is 1.05 bits per heavy atom. The van der Waals surface area contributed by atoms with Crippen molar-refractivity contribution >= 4 is 34.3 Å². The van der Waals surface area contributed by atoms with E-state index in [9.17, 15) is 14.9 Å². The van der Waals surface area contributed by atoms with Gasteiger partial charge in [-0.3, -0.25) is 4.79 Å². The van der Waals surface area contributed by atoms with Gasteiger partial charge in [-0.05, 0) is 54.8 Å². The molecule has 38 heavy (non-hydrogen) atoms. The van der Waals surface area contributed by atoms with Crippen molar-refractivity contribution < 1.29 is 28.5 Å². The van der Waals surface area contributed by atoms with Crippen molar-refractivity contribution in [2.45, 2.75) is 26.7 Å². The maximum absolute atomic E-state index is 13.1. The lowest BCUT2D eigenvalue weighted by Gasteiger charge is -2.11. The fourth-order valence-electron chi connectivity index (χ4n) is 3.54. The summed E-state index contributed by atoms with van der Waals surface area (Å²) in [4.78, 5) is 25.9. The third-order valence-corrected chi connectivity index (χ3v) is 6.41. The molecule has 3 rings (SSSR count). The molecule has 1 aromatic heterocycles. The normalized spacial score (nSPS) is 10.9. The second kappa shape index (κ2) is 13.9. The van der Waals surface area contributed by atoms with Crippen molar-refractivity contribution in [2.75, 3.05) is 32.8 Å². The van der Waals surface area contributed by atoms with Crippen LogP contribution in [0.4, 0.5) is 5.00 Å². The van der Waals surface area contributed by atoms with Crippen LogP contribution >= 0.6 is 11.3 Å². The Labute approximate surface area is 226 Å². The SMILES string of the molecule is CCCCOc1ccc(/C=C(\C#N)C(=O)Nc2scc(-c3ccc(OC)cc3)c2C(=O)OCC)cc1OC. The number of thiophene rings is 1. The number of methoxy groups -OCH3 is 2. The van der Waals surface area contributed by atoms with Crippen molar-refractivity contribution in [1.82, 2.24) is 0 Å². The molecule has 9 heteroatoms. The van der Waals surface area contributed by atoms with Gasteiger partial charge in [-0.25, -0.2) is 4.79 Å². The molecule has 0 aliphatic rings. The van der Waals surface area contributed by atoms with Gasteiger partial charge in [0.05, 0.1) is 27.4 Å². The van der Waals surface area contributed by atoms with Crippen molar-refractivity contribution in [3.8, 4) is 34.4 Å². The van der Waals surface area contributed by atoms with E-state index in [-0.39, 0.29) is 22.7 Å². The lowest BCUT2D eigenvalue weighted by molar-refractivity contribution is -0.112. The molecule has 0 spiro atoms. The summed E-state index contributed by atoms with van der Waals surface area (Å²) in [7, 11) is 3.10. The zero-order valence-electron chi connectivity index (χ0n) is 21.8. The molecule has 1 heterocycles. The predicted molar refractivity (Wildman–Crippen MR) is 148 cm³/mol. The van der Waals surface area contributed by atoms with Crippen molar-refractivity contribution in [1.29, 1.82) is 5.26 Å². The number of unbranched alkanes of at least 4 members (excludes halogenated alkanes) is 1. The largest absolute Gasteiger partial charge is 0.497 e. The molecule has 1 amide bonds. The minimum Gasteiger partial charge on any atom is -0.497 e. The zero-order valence-corrected chi connectivity index (χ0v) is 22.6. The molecule has 0 saturated carbocycles. The molecule has 0 bridgehead atoms. The van der Waals surface area contributed by atoms with Gasteiger partial charge in [0.15, 0.2) is 11.5 Å². The fourth-order valence-corrected chi connectivity index (χ4v) is 4.50. The number of nitrogens with one attached hydrogen (secondary N) is 1. The first-order valence-electron chi connectivity index (χ1n) is 12.1. The van der Waals surface area contributed by atoms with Crippen LogP contribution in [0.15, 0.2) is 53.4 Å². The topological polar surface area (TPSA) is 107 Å². The molecule has 0 radical (unpaired) electrons. The molecule has 8 nitrogen and oxygen atoms in total. The first kappa shape index (κ1) is 28.3. The third kappa shape index (κ3) is 6.93. The summed E-state index contributed by atoms with van der Waals surface area (Å²) in [6, 6.07) is 14.3. The number of benzene rings is 2. The molecule has 0 atom stereocenters. The van der Waals surface area contributed by atoms with Crippen LogP contribution in [-0.2, 0) is 9.53 Å². The van der Waals surface area contributed by atoms with Crippen LogP contribution < -0.4 is 19.5 Å². The minimum absolute atomic E-state index is 0.138. The molecule has 2 aromatic carbocycles. The molecule has 0 unspecified atom stereocenters. The average molecular weight is 535 g/mol. The number of hydrogen-bond donors (Lipinski definition) is 1. The van der Waals surface area contributed by atoms with Gasteiger partial charge in [-0.15, -0.1) is 11.3 Å². The van der Waals surface area contributed by atoms with E-state index in [0.29, 0.717) is 35.0 Å². The highest BCUT2D eigenvalue weighted by Gasteiger charge is 2.24. The quantitative estimate of drug-likeness (QED) is 0.125. The van der Waals surface area contributed by atoms with E-state index in [0.717, 1.165) is 18.4 Å². The van der Waals surface area contributed by atoms with E-state index in [1.54, 1.807) is 49.7 Å². The molecular formula is C29H30N2O6S. The zero-order chi connectivity index (χ0) is 27.5. The van der Waals surface area contributed by atoms with E-state index in [2.05, 4.69) is 12.2 Å². The van der Waals surface area contributed by atoms with E-state index in [1.165, 1.54) is 24.5 Å².